The largest absolute Gasteiger partial charge is 0.504 e. The fraction of sp³-hybridized carbons (Fsp3) is 0.0952. The number of ether oxygens (including phenoxy) is 1. The van der Waals surface area contributed by atoms with Gasteiger partial charge in [-0.1, -0.05) is 36.4 Å². The Morgan fingerprint density at radius 3 is 2.46 bits per heavy atom. The second kappa shape index (κ2) is 8.34. The third-order valence-corrected chi connectivity index (χ3v) is 5.15. The fourth-order valence-corrected chi connectivity index (χ4v) is 3.70. The number of nitriles is 2. The standard InChI is InChI=1S/C21H16N4O2S/c1-27-18-9-14(7-8-17(18)26)19-15(10-22)20(24)25-21(16(19)11-23)28-12-13-5-3-2-4-6-13/h2-9,26H,12H2,1H3,(H2,24,25). The van der Waals surface area contributed by atoms with Crippen molar-refractivity contribution < 1.29 is 9.84 Å². The van der Waals surface area contributed by atoms with Gasteiger partial charge >= 0.3 is 0 Å². The smallest absolute Gasteiger partial charge is 0.161 e. The maximum Gasteiger partial charge on any atom is 0.161 e. The number of thioether (sulfide) groups is 1. The molecule has 0 bridgehead atoms. The number of hydrogen-bond donors (Lipinski definition) is 2. The van der Waals surface area contributed by atoms with Crippen LogP contribution in [0.4, 0.5) is 5.82 Å². The van der Waals surface area contributed by atoms with Gasteiger partial charge in [0.25, 0.3) is 0 Å². The van der Waals surface area contributed by atoms with Crippen molar-refractivity contribution in [3.8, 4) is 34.8 Å². The molecule has 7 heteroatoms. The number of methoxy groups -OCH3 is 1. The molecule has 2 aromatic carbocycles. The van der Waals surface area contributed by atoms with Gasteiger partial charge in [0.2, 0.25) is 0 Å². The van der Waals surface area contributed by atoms with Crippen LogP contribution in [0.25, 0.3) is 11.1 Å². The van der Waals surface area contributed by atoms with E-state index in [0.717, 1.165) is 5.56 Å². The number of nitrogen functional groups attached to an aromatic ring is 1. The van der Waals surface area contributed by atoms with Crippen LogP contribution in [0.15, 0.2) is 53.6 Å². The summed E-state index contributed by atoms with van der Waals surface area (Å²) >= 11 is 1.38. The molecule has 138 valence electrons. The van der Waals surface area contributed by atoms with Crippen molar-refractivity contribution >= 4 is 17.6 Å². The van der Waals surface area contributed by atoms with Crippen LogP contribution in [0.5, 0.6) is 11.5 Å². The highest BCUT2D eigenvalue weighted by atomic mass is 32.2. The van der Waals surface area contributed by atoms with Crippen molar-refractivity contribution in [2.75, 3.05) is 12.8 Å². The lowest BCUT2D eigenvalue weighted by Gasteiger charge is -2.14. The van der Waals surface area contributed by atoms with Crippen molar-refractivity contribution in [2.45, 2.75) is 10.8 Å². The number of phenols is 1. The molecule has 0 atom stereocenters. The van der Waals surface area contributed by atoms with Crippen LogP contribution in [0.1, 0.15) is 16.7 Å². The van der Waals surface area contributed by atoms with Gasteiger partial charge in [-0.25, -0.2) is 4.98 Å². The van der Waals surface area contributed by atoms with Crippen molar-refractivity contribution in [1.82, 2.24) is 4.98 Å². The van der Waals surface area contributed by atoms with Crippen LogP contribution in [-0.2, 0) is 5.75 Å². The summed E-state index contributed by atoms with van der Waals surface area (Å²) < 4.78 is 5.15. The Hall–Kier alpha value is -3.68. The summed E-state index contributed by atoms with van der Waals surface area (Å²) in [5.74, 6) is 0.855. The zero-order valence-electron chi connectivity index (χ0n) is 15.0. The van der Waals surface area contributed by atoms with Crippen LogP contribution in [0, 0.1) is 22.7 Å². The summed E-state index contributed by atoms with van der Waals surface area (Å²) in [5.41, 5.74) is 8.41. The van der Waals surface area contributed by atoms with Gasteiger partial charge in [-0.05, 0) is 23.3 Å². The highest BCUT2D eigenvalue weighted by molar-refractivity contribution is 7.98. The molecule has 0 aliphatic heterocycles. The van der Waals surface area contributed by atoms with E-state index in [1.165, 1.54) is 24.9 Å². The number of phenolic OH excluding ortho intramolecular Hbond substituents is 1. The van der Waals surface area contributed by atoms with E-state index in [1.807, 2.05) is 36.4 Å². The minimum atomic E-state index is -0.0380. The Morgan fingerprint density at radius 1 is 1.11 bits per heavy atom. The molecule has 28 heavy (non-hydrogen) atoms. The molecule has 0 fully saturated rings. The molecule has 1 aromatic heterocycles. The summed E-state index contributed by atoms with van der Waals surface area (Å²) in [7, 11) is 1.43. The third-order valence-electron chi connectivity index (χ3n) is 4.10. The summed E-state index contributed by atoms with van der Waals surface area (Å²) in [6.07, 6.45) is 0. The SMILES string of the molecule is COc1cc(-c2c(C#N)c(N)nc(SCc3ccccc3)c2C#N)ccc1O. The second-order valence-corrected chi connectivity index (χ2v) is 6.78. The molecule has 0 amide bonds. The number of hydrogen-bond acceptors (Lipinski definition) is 7. The van der Waals surface area contributed by atoms with Gasteiger partial charge in [0.05, 0.1) is 12.7 Å². The van der Waals surface area contributed by atoms with Crippen molar-refractivity contribution in [3.05, 3.63) is 65.2 Å². The Balaban J connectivity index is 2.14. The highest BCUT2D eigenvalue weighted by Crippen LogP contribution is 2.39. The Kier molecular flexibility index (Phi) is 5.69. The van der Waals surface area contributed by atoms with Gasteiger partial charge in [0.15, 0.2) is 11.5 Å². The molecule has 0 aliphatic carbocycles. The van der Waals surface area contributed by atoms with E-state index in [2.05, 4.69) is 11.1 Å². The first kappa shape index (κ1) is 19.1. The normalized spacial score (nSPS) is 10.1. The number of aromatic hydroxyl groups is 1. The van der Waals surface area contributed by atoms with Crippen LogP contribution >= 0.6 is 11.8 Å². The molecular formula is C21H16N4O2S. The van der Waals surface area contributed by atoms with E-state index in [9.17, 15) is 15.6 Å². The molecule has 0 saturated heterocycles. The Bertz CT molecular complexity index is 1100. The lowest BCUT2D eigenvalue weighted by molar-refractivity contribution is 0.373. The van der Waals surface area contributed by atoms with E-state index < -0.39 is 0 Å². The predicted molar refractivity (Wildman–Crippen MR) is 108 cm³/mol. The van der Waals surface area contributed by atoms with E-state index >= 15 is 0 Å². The minimum absolute atomic E-state index is 0.0380. The maximum atomic E-state index is 9.86. The number of nitrogens with zero attached hydrogens (tertiary/aromatic N) is 3. The summed E-state index contributed by atoms with van der Waals surface area (Å²) in [6, 6.07) is 18.6. The highest BCUT2D eigenvalue weighted by Gasteiger charge is 2.21. The first-order valence-corrected chi connectivity index (χ1v) is 9.25. The summed E-state index contributed by atoms with van der Waals surface area (Å²) in [4.78, 5) is 4.29. The van der Waals surface area contributed by atoms with E-state index in [4.69, 9.17) is 10.5 Å². The van der Waals surface area contributed by atoms with Gasteiger partial charge < -0.3 is 15.6 Å². The number of pyridine rings is 1. The zero-order chi connectivity index (χ0) is 20.1. The van der Waals surface area contributed by atoms with Crippen LogP contribution in [0.2, 0.25) is 0 Å². The number of rotatable bonds is 5. The Morgan fingerprint density at radius 2 is 1.82 bits per heavy atom. The molecule has 0 unspecified atom stereocenters. The average molecular weight is 388 g/mol. The van der Waals surface area contributed by atoms with Crippen molar-refractivity contribution in [2.24, 2.45) is 0 Å². The molecule has 0 aliphatic rings. The predicted octanol–water partition coefficient (Wildman–Crippen LogP) is 4.08. The number of aromatic nitrogens is 1. The molecule has 0 spiro atoms. The van der Waals surface area contributed by atoms with Crippen LogP contribution in [-0.4, -0.2) is 17.2 Å². The average Bonchev–Trinajstić information content (AvgIpc) is 2.72. The minimum Gasteiger partial charge on any atom is -0.504 e. The number of anilines is 1. The summed E-state index contributed by atoms with van der Waals surface area (Å²) in [6.45, 7) is 0. The van der Waals surface area contributed by atoms with E-state index in [1.54, 1.807) is 12.1 Å². The molecular weight excluding hydrogens is 372 g/mol. The van der Waals surface area contributed by atoms with Crippen molar-refractivity contribution in [3.63, 3.8) is 0 Å². The first-order chi connectivity index (χ1) is 13.6. The molecule has 3 rings (SSSR count). The first-order valence-electron chi connectivity index (χ1n) is 8.26. The quantitative estimate of drug-likeness (QED) is 0.633. The zero-order valence-corrected chi connectivity index (χ0v) is 15.8. The maximum absolute atomic E-state index is 9.86. The molecule has 6 nitrogen and oxygen atoms in total. The molecule has 1 heterocycles. The molecule has 0 saturated carbocycles. The molecule has 3 N–H and O–H groups in total. The van der Waals surface area contributed by atoms with E-state index in [0.29, 0.717) is 21.9 Å². The molecule has 0 radical (unpaired) electrons. The Labute approximate surface area is 166 Å². The number of nitrogens with two attached hydrogens (primary N) is 1. The monoisotopic (exact) mass is 388 g/mol. The van der Waals surface area contributed by atoms with Crippen LogP contribution in [0.3, 0.4) is 0 Å². The second-order valence-electron chi connectivity index (χ2n) is 5.81. The third kappa shape index (κ3) is 3.71. The number of benzene rings is 2. The van der Waals surface area contributed by atoms with Gasteiger partial charge in [0, 0.05) is 11.3 Å². The fourth-order valence-electron chi connectivity index (χ4n) is 2.75. The van der Waals surface area contributed by atoms with Gasteiger partial charge in [-0.3, -0.25) is 0 Å². The van der Waals surface area contributed by atoms with E-state index in [-0.39, 0.29) is 28.4 Å². The summed E-state index contributed by atoms with van der Waals surface area (Å²) in [5, 5.41) is 29.7. The van der Waals surface area contributed by atoms with Gasteiger partial charge in [0.1, 0.15) is 28.5 Å². The molecule has 3 aromatic rings. The van der Waals surface area contributed by atoms with Crippen molar-refractivity contribution in [1.29, 1.82) is 10.5 Å². The van der Waals surface area contributed by atoms with Gasteiger partial charge in [-0.15, -0.1) is 11.8 Å². The lowest BCUT2D eigenvalue weighted by Crippen LogP contribution is -2.03. The van der Waals surface area contributed by atoms with Crippen LogP contribution < -0.4 is 10.5 Å². The van der Waals surface area contributed by atoms with Gasteiger partial charge in [-0.2, -0.15) is 10.5 Å². The lowest BCUT2D eigenvalue weighted by atomic mass is 9.96. The topological polar surface area (TPSA) is 116 Å².